The van der Waals surface area contributed by atoms with E-state index in [-0.39, 0.29) is 25.2 Å². The van der Waals surface area contributed by atoms with Crippen LogP contribution in [0.5, 0.6) is 0 Å². The Bertz CT molecular complexity index is 913. The molecule has 0 saturated heterocycles. The van der Waals surface area contributed by atoms with Gasteiger partial charge in [0.2, 0.25) is 0 Å². The molecular weight excluding hydrogens is 741 g/mol. The first kappa shape index (κ1) is 58.4. The second kappa shape index (κ2) is 51.7. The monoisotopic (exact) mass is 845 g/mol. The van der Waals surface area contributed by atoms with Crippen LogP contribution < -0.4 is 0 Å². The zero-order valence-corrected chi connectivity index (χ0v) is 40.5. The van der Waals surface area contributed by atoms with Crippen molar-refractivity contribution in [3.8, 4) is 0 Å². The number of carbonyl (C=O) groups excluding carboxylic acids is 2. The van der Waals surface area contributed by atoms with Crippen molar-refractivity contribution >= 4 is 11.9 Å². The number of hydrogen-bond acceptors (Lipinski definition) is 5. The second-order valence-corrected chi connectivity index (χ2v) is 18.3. The molecule has 0 aromatic heterocycles. The molecular formula is C55H104O5. The Labute approximate surface area is 374 Å². The van der Waals surface area contributed by atoms with Crippen LogP contribution in [0.15, 0.2) is 24.3 Å². The Morgan fingerprint density at radius 3 is 0.983 bits per heavy atom. The fourth-order valence-corrected chi connectivity index (χ4v) is 8.18. The average Bonchev–Trinajstić information content (AvgIpc) is 3.25. The first-order valence-electron chi connectivity index (χ1n) is 26.9. The summed E-state index contributed by atoms with van der Waals surface area (Å²) >= 11 is 0. The summed E-state index contributed by atoms with van der Waals surface area (Å²) in [5, 5.41) is 9.62. The Kier molecular flexibility index (Phi) is 50.3. The summed E-state index contributed by atoms with van der Waals surface area (Å²) in [6.45, 7) is 4.17. The van der Waals surface area contributed by atoms with Crippen LogP contribution in [0.3, 0.4) is 0 Å². The van der Waals surface area contributed by atoms with Crippen LogP contribution in [0.4, 0.5) is 0 Å². The van der Waals surface area contributed by atoms with Crippen LogP contribution in [0, 0.1) is 0 Å². The molecule has 5 nitrogen and oxygen atoms in total. The molecule has 0 aliphatic rings. The van der Waals surface area contributed by atoms with Crippen molar-refractivity contribution in [3.05, 3.63) is 24.3 Å². The molecule has 0 heterocycles. The van der Waals surface area contributed by atoms with Gasteiger partial charge in [-0.05, 0) is 44.9 Å². The van der Waals surface area contributed by atoms with E-state index in [4.69, 9.17) is 9.47 Å². The van der Waals surface area contributed by atoms with Crippen molar-refractivity contribution in [2.75, 3.05) is 13.2 Å². The summed E-state index contributed by atoms with van der Waals surface area (Å²) in [5.41, 5.74) is 0. The van der Waals surface area contributed by atoms with Crippen LogP contribution in [-0.4, -0.2) is 36.4 Å². The molecule has 0 rings (SSSR count). The summed E-state index contributed by atoms with van der Waals surface area (Å²) in [4.78, 5) is 24.4. The number of aliphatic hydroxyl groups is 1. The molecule has 0 radical (unpaired) electrons. The molecule has 60 heavy (non-hydrogen) atoms. The number of unbranched alkanes of at least 4 members (excludes halogenated alkanes) is 38. The Morgan fingerprint density at radius 2 is 0.667 bits per heavy atom. The van der Waals surface area contributed by atoms with Gasteiger partial charge in [0.25, 0.3) is 0 Å². The van der Waals surface area contributed by atoms with Crippen molar-refractivity contribution in [3.63, 3.8) is 0 Å². The minimum absolute atomic E-state index is 0.0587. The predicted octanol–water partition coefficient (Wildman–Crippen LogP) is 17.8. The molecule has 0 spiro atoms. The van der Waals surface area contributed by atoms with Gasteiger partial charge in [-0.15, -0.1) is 0 Å². The highest BCUT2D eigenvalue weighted by Crippen LogP contribution is 2.17. The van der Waals surface area contributed by atoms with Gasteiger partial charge in [-0.25, -0.2) is 0 Å². The molecule has 0 fully saturated rings. The van der Waals surface area contributed by atoms with E-state index in [9.17, 15) is 14.7 Å². The maximum absolute atomic E-state index is 12.3. The minimum Gasteiger partial charge on any atom is -0.462 e. The zero-order valence-electron chi connectivity index (χ0n) is 40.5. The van der Waals surface area contributed by atoms with E-state index in [0.717, 1.165) is 38.5 Å². The fraction of sp³-hybridized carbons (Fsp3) is 0.891. The maximum atomic E-state index is 12.3. The van der Waals surface area contributed by atoms with Crippen molar-refractivity contribution in [1.82, 2.24) is 0 Å². The Hall–Kier alpha value is -1.62. The number of hydrogen-bond donors (Lipinski definition) is 1. The van der Waals surface area contributed by atoms with Gasteiger partial charge in [-0.2, -0.15) is 0 Å². The normalized spacial score (nSPS) is 12.2. The van der Waals surface area contributed by atoms with Gasteiger partial charge in [-0.3, -0.25) is 9.59 Å². The minimum atomic E-state index is -0.766. The van der Waals surface area contributed by atoms with Crippen LogP contribution in [-0.2, 0) is 19.1 Å². The molecule has 1 unspecified atom stereocenters. The lowest BCUT2D eigenvalue weighted by Crippen LogP contribution is -2.28. The highest BCUT2D eigenvalue weighted by atomic mass is 16.6. The predicted molar refractivity (Wildman–Crippen MR) is 261 cm³/mol. The van der Waals surface area contributed by atoms with Crippen molar-refractivity contribution in [2.45, 2.75) is 302 Å². The highest BCUT2D eigenvalue weighted by Gasteiger charge is 2.16. The molecule has 0 saturated carbocycles. The molecule has 0 aromatic rings. The van der Waals surface area contributed by atoms with E-state index < -0.39 is 6.10 Å². The SMILES string of the molecule is CCCCCCC/C=C\C/C=C\CCCCCCCCCCCCCCCCCCCCCC(=O)OC(CO)COC(=O)CCCCCCCCCCCCCCCCC. The molecule has 0 aromatic carbocycles. The second-order valence-electron chi connectivity index (χ2n) is 18.3. The number of aliphatic hydroxyl groups excluding tert-OH is 1. The van der Waals surface area contributed by atoms with Gasteiger partial charge >= 0.3 is 11.9 Å². The van der Waals surface area contributed by atoms with E-state index in [2.05, 4.69) is 38.2 Å². The third kappa shape index (κ3) is 49.0. The molecule has 0 amide bonds. The summed E-state index contributed by atoms with van der Waals surface area (Å²) < 4.78 is 10.7. The van der Waals surface area contributed by atoms with Crippen LogP contribution in [0.25, 0.3) is 0 Å². The average molecular weight is 845 g/mol. The van der Waals surface area contributed by atoms with E-state index in [1.165, 1.54) is 231 Å². The van der Waals surface area contributed by atoms with E-state index in [0.29, 0.717) is 12.8 Å². The Morgan fingerprint density at radius 1 is 0.383 bits per heavy atom. The standard InChI is InChI=1S/C55H104O5/c1-3-5-7-9-11-13-15-17-19-20-21-22-23-24-25-26-27-28-29-30-31-32-33-34-36-38-40-42-44-46-48-50-55(58)60-53(51-56)52-59-54(57)49-47-45-43-41-39-37-35-18-16-14-12-10-8-6-4-2/h15,17,20-21,53,56H,3-14,16,18-19,22-52H2,1-2H3/b17-15-,21-20-. The summed E-state index contributed by atoms with van der Waals surface area (Å²) in [5.74, 6) is -0.572. The molecule has 0 bridgehead atoms. The van der Waals surface area contributed by atoms with Crippen molar-refractivity contribution in [1.29, 1.82) is 0 Å². The lowest BCUT2D eigenvalue weighted by molar-refractivity contribution is -0.161. The molecule has 5 heteroatoms. The number of esters is 2. The quantitative estimate of drug-likeness (QED) is 0.0375. The lowest BCUT2D eigenvalue weighted by atomic mass is 10.0. The Balaban J connectivity index is 3.41. The van der Waals surface area contributed by atoms with E-state index in [1.54, 1.807) is 0 Å². The molecule has 0 aliphatic carbocycles. The molecule has 0 aliphatic heterocycles. The smallest absolute Gasteiger partial charge is 0.306 e. The van der Waals surface area contributed by atoms with Crippen LogP contribution >= 0.6 is 0 Å². The maximum Gasteiger partial charge on any atom is 0.306 e. The van der Waals surface area contributed by atoms with Crippen molar-refractivity contribution in [2.24, 2.45) is 0 Å². The van der Waals surface area contributed by atoms with E-state index >= 15 is 0 Å². The largest absolute Gasteiger partial charge is 0.462 e. The number of ether oxygens (including phenoxy) is 2. The van der Waals surface area contributed by atoms with E-state index in [1.807, 2.05) is 0 Å². The first-order valence-corrected chi connectivity index (χ1v) is 26.9. The van der Waals surface area contributed by atoms with Crippen LogP contribution in [0.1, 0.15) is 296 Å². The van der Waals surface area contributed by atoms with Crippen molar-refractivity contribution < 1.29 is 24.2 Å². The lowest BCUT2D eigenvalue weighted by Gasteiger charge is -2.15. The van der Waals surface area contributed by atoms with Gasteiger partial charge in [-0.1, -0.05) is 263 Å². The van der Waals surface area contributed by atoms with Gasteiger partial charge in [0.1, 0.15) is 6.61 Å². The third-order valence-corrected chi connectivity index (χ3v) is 12.2. The topological polar surface area (TPSA) is 72.8 Å². The first-order chi connectivity index (χ1) is 29.6. The summed E-state index contributed by atoms with van der Waals surface area (Å²) in [6, 6.07) is 0. The molecule has 354 valence electrons. The van der Waals surface area contributed by atoms with Gasteiger partial charge in [0.15, 0.2) is 6.10 Å². The summed E-state index contributed by atoms with van der Waals surface area (Å²) in [7, 11) is 0. The van der Waals surface area contributed by atoms with Gasteiger partial charge in [0, 0.05) is 12.8 Å². The fourth-order valence-electron chi connectivity index (χ4n) is 8.18. The van der Waals surface area contributed by atoms with Gasteiger partial charge in [0.05, 0.1) is 6.61 Å². The molecule has 1 N–H and O–H groups in total. The zero-order chi connectivity index (χ0) is 43.5. The number of rotatable bonds is 50. The van der Waals surface area contributed by atoms with Crippen LogP contribution in [0.2, 0.25) is 0 Å². The molecule has 1 atom stereocenters. The number of allylic oxidation sites excluding steroid dienone is 4. The summed E-state index contributed by atoms with van der Waals surface area (Å²) in [6.07, 6.45) is 64.3. The number of carbonyl (C=O) groups is 2. The third-order valence-electron chi connectivity index (χ3n) is 12.2. The highest BCUT2D eigenvalue weighted by molar-refractivity contribution is 5.70. The van der Waals surface area contributed by atoms with Gasteiger partial charge < -0.3 is 14.6 Å².